The van der Waals surface area contributed by atoms with E-state index < -0.39 is 0 Å². The molecule has 1 heteroatoms. The first-order chi connectivity index (χ1) is 9.08. The molecule has 0 saturated heterocycles. The average molecular weight is 257 g/mol. The molecule has 0 aromatic carbocycles. The summed E-state index contributed by atoms with van der Waals surface area (Å²) < 4.78 is 2.23. The number of hydrogen-bond acceptors (Lipinski definition) is 0. The van der Waals surface area contributed by atoms with Gasteiger partial charge in [0, 0.05) is 17.1 Å². The quantitative estimate of drug-likeness (QED) is 0.611. The topological polar surface area (TPSA) is 4.93 Å². The van der Waals surface area contributed by atoms with Crippen LogP contribution < -0.4 is 0 Å². The normalized spacial score (nSPS) is 11.2. The predicted molar refractivity (Wildman–Crippen MR) is 89.4 cm³/mol. The third-order valence-corrected chi connectivity index (χ3v) is 3.22. The van der Waals surface area contributed by atoms with Crippen LogP contribution in [0.3, 0.4) is 0 Å². The van der Waals surface area contributed by atoms with Crippen molar-refractivity contribution in [3.63, 3.8) is 0 Å². The Kier molecular flexibility index (Phi) is 7.59. The third kappa shape index (κ3) is 3.60. The lowest BCUT2D eigenvalue weighted by Crippen LogP contribution is -2.00. The van der Waals surface area contributed by atoms with Crippen molar-refractivity contribution in [3.05, 3.63) is 60.0 Å². The number of rotatable bonds is 4. The minimum Gasteiger partial charge on any atom is -0.314 e. The Balaban J connectivity index is 0.00000154. The van der Waals surface area contributed by atoms with Crippen LogP contribution in [0.4, 0.5) is 0 Å². The lowest BCUT2D eigenvalue weighted by molar-refractivity contribution is 1.03. The van der Waals surface area contributed by atoms with Crippen molar-refractivity contribution in [1.29, 1.82) is 0 Å². The molecule has 1 aromatic heterocycles. The second-order valence-electron chi connectivity index (χ2n) is 4.07. The van der Waals surface area contributed by atoms with Gasteiger partial charge in [0.25, 0.3) is 0 Å². The Hall–Kier alpha value is -1.76. The van der Waals surface area contributed by atoms with E-state index in [0.29, 0.717) is 0 Å². The van der Waals surface area contributed by atoms with Crippen molar-refractivity contribution in [2.45, 2.75) is 41.5 Å². The van der Waals surface area contributed by atoms with Gasteiger partial charge in [-0.25, -0.2) is 0 Å². The van der Waals surface area contributed by atoms with Gasteiger partial charge in [-0.2, -0.15) is 0 Å². The zero-order valence-electron chi connectivity index (χ0n) is 13.2. The monoisotopic (exact) mass is 257 g/mol. The molecule has 1 nitrogen and oxygen atoms in total. The van der Waals surface area contributed by atoms with Crippen molar-refractivity contribution in [2.24, 2.45) is 0 Å². The highest BCUT2D eigenvalue weighted by molar-refractivity contribution is 5.67. The van der Waals surface area contributed by atoms with Crippen LogP contribution in [0.5, 0.6) is 0 Å². The second-order valence-corrected chi connectivity index (χ2v) is 4.07. The maximum atomic E-state index is 3.91. The standard InChI is InChI=1S/C16H21N.C2H6/c1-7-10-11-15(8-2)17-14(6)12(4)13(5)16(17)9-3;1-2/h7-11H,1,3H2,2,4-6H3;1-2H3/b11-10-,15-8+;. The molecule has 0 N–H and O–H groups in total. The van der Waals surface area contributed by atoms with Crippen LogP contribution in [0.2, 0.25) is 0 Å². The molecule has 19 heavy (non-hydrogen) atoms. The van der Waals surface area contributed by atoms with Crippen LogP contribution in [0.1, 0.15) is 43.3 Å². The average Bonchev–Trinajstić information content (AvgIpc) is 2.66. The summed E-state index contributed by atoms with van der Waals surface area (Å²) in [4.78, 5) is 0. The number of allylic oxidation sites excluding steroid dienone is 5. The van der Waals surface area contributed by atoms with Crippen molar-refractivity contribution >= 4 is 11.8 Å². The predicted octanol–water partition coefficient (Wildman–Crippen LogP) is 5.69. The lowest BCUT2D eigenvalue weighted by atomic mass is 10.1. The van der Waals surface area contributed by atoms with Gasteiger partial charge in [0.05, 0.1) is 0 Å². The SMILES string of the molecule is C=C/C=C\C(=C/C)n1c(C)c(C)c(C)c1C=C.CC. The van der Waals surface area contributed by atoms with Gasteiger partial charge in [-0.05, 0) is 51.0 Å². The fraction of sp³-hybridized carbons (Fsp3) is 0.333. The summed E-state index contributed by atoms with van der Waals surface area (Å²) in [7, 11) is 0. The zero-order valence-corrected chi connectivity index (χ0v) is 13.2. The molecule has 1 heterocycles. The third-order valence-electron chi connectivity index (χ3n) is 3.22. The van der Waals surface area contributed by atoms with Crippen molar-refractivity contribution in [3.8, 4) is 0 Å². The van der Waals surface area contributed by atoms with E-state index >= 15 is 0 Å². The van der Waals surface area contributed by atoms with Gasteiger partial charge in [-0.3, -0.25) is 0 Å². The Morgan fingerprint density at radius 3 is 2.05 bits per heavy atom. The summed E-state index contributed by atoms with van der Waals surface area (Å²) in [6.45, 7) is 20.1. The Bertz CT molecular complexity index is 496. The maximum Gasteiger partial charge on any atom is 0.0484 e. The number of hydrogen-bond donors (Lipinski definition) is 0. The summed E-state index contributed by atoms with van der Waals surface area (Å²) >= 11 is 0. The smallest absolute Gasteiger partial charge is 0.0484 e. The molecule has 1 aromatic rings. The van der Waals surface area contributed by atoms with E-state index in [0.717, 1.165) is 5.70 Å². The van der Waals surface area contributed by atoms with Gasteiger partial charge in [0.15, 0.2) is 0 Å². The minimum absolute atomic E-state index is 1.15. The van der Waals surface area contributed by atoms with Crippen LogP contribution in [-0.4, -0.2) is 4.57 Å². The first-order valence-electron chi connectivity index (χ1n) is 6.85. The van der Waals surface area contributed by atoms with Gasteiger partial charge in [-0.1, -0.05) is 45.2 Å². The minimum atomic E-state index is 1.15. The summed E-state index contributed by atoms with van der Waals surface area (Å²) in [6.07, 6.45) is 9.81. The molecule has 0 fully saturated rings. The number of nitrogens with zero attached hydrogens (tertiary/aromatic N) is 1. The van der Waals surface area contributed by atoms with Crippen LogP contribution >= 0.6 is 0 Å². The van der Waals surface area contributed by atoms with Crippen molar-refractivity contribution in [2.75, 3.05) is 0 Å². The summed E-state index contributed by atoms with van der Waals surface area (Å²) in [5.41, 5.74) is 6.20. The molecule has 104 valence electrons. The molecule has 0 amide bonds. The molecule has 0 bridgehead atoms. The van der Waals surface area contributed by atoms with E-state index in [1.807, 2.05) is 32.9 Å². The van der Waals surface area contributed by atoms with E-state index in [4.69, 9.17) is 0 Å². The Morgan fingerprint density at radius 2 is 1.63 bits per heavy atom. The van der Waals surface area contributed by atoms with Crippen LogP contribution in [0.15, 0.2) is 37.5 Å². The van der Waals surface area contributed by atoms with Gasteiger partial charge in [0.2, 0.25) is 0 Å². The number of aromatic nitrogens is 1. The highest BCUT2D eigenvalue weighted by atomic mass is 15.0. The van der Waals surface area contributed by atoms with E-state index in [9.17, 15) is 0 Å². The zero-order chi connectivity index (χ0) is 15.0. The van der Waals surface area contributed by atoms with E-state index in [1.165, 1.54) is 22.5 Å². The van der Waals surface area contributed by atoms with Gasteiger partial charge in [-0.15, -0.1) is 0 Å². The highest BCUT2D eigenvalue weighted by Crippen LogP contribution is 2.26. The van der Waals surface area contributed by atoms with Gasteiger partial charge < -0.3 is 4.57 Å². The maximum absolute atomic E-state index is 3.91. The first kappa shape index (κ1) is 17.2. The molecule has 0 aliphatic carbocycles. The molecule has 0 radical (unpaired) electrons. The largest absolute Gasteiger partial charge is 0.314 e. The van der Waals surface area contributed by atoms with Gasteiger partial charge >= 0.3 is 0 Å². The molecule has 1 rings (SSSR count). The molecular formula is C18H27N. The van der Waals surface area contributed by atoms with Crippen LogP contribution in [-0.2, 0) is 0 Å². The molecule has 0 saturated carbocycles. The Morgan fingerprint density at radius 1 is 1.05 bits per heavy atom. The second kappa shape index (κ2) is 8.36. The molecule has 0 spiro atoms. The summed E-state index contributed by atoms with van der Waals surface area (Å²) in [5, 5.41) is 0. The van der Waals surface area contributed by atoms with Crippen molar-refractivity contribution in [1.82, 2.24) is 4.57 Å². The summed E-state index contributed by atoms with van der Waals surface area (Å²) in [6, 6.07) is 0. The molecule has 0 atom stereocenters. The van der Waals surface area contributed by atoms with E-state index in [1.54, 1.807) is 6.08 Å². The van der Waals surface area contributed by atoms with Crippen LogP contribution in [0.25, 0.3) is 11.8 Å². The molecule has 0 aliphatic rings. The highest BCUT2D eigenvalue weighted by Gasteiger charge is 2.13. The molecular weight excluding hydrogens is 230 g/mol. The van der Waals surface area contributed by atoms with Gasteiger partial charge in [0.1, 0.15) is 0 Å². The lowest BCUT2D eigenvalue weighted by Gasteiger charge is -2.10. The fourth-order valence-corrected chi connectivity index (χ4v) is 2.02. The van der Waals surface area contributed by atoms with Crippen molar-refractivity contribution < 1.29 is 0 Å². The summed E-state index contributed by atoms with van der Waals surface area (Å²) in [5.74, 6) is 0. The first-order valence-corrected chi connectivity index (χ1v) is 6.85. The molecule has 0 aliphatic heterocycles. The fourth-order valence-electron chi connectivity index (χ4n) is 2.02. The van der Waals surface area contributed by atoms with E-state index in [-0.39, 0.29) is 0 Å². The van der Waals surface area contributed by atoms with E-state index in [2.05, 4.69) is 50.6 Å². The van der Waals surface area contributed by atoms with Crippen LogP contribution in [0, 0.1) is 20.8 Å². The Labute approximate surface area is 118 Å². The molecule has 0 unspecified atom stereocenters.